The Kier molecular flexibility index (Phi) is 7.03. The van der Waals surface area contributed by atoms with Crippen LogP contribution in [0.1, 0.15) is 46.0 Å². The predicted octanol–water partition coefficient (Wildman–Crippen LogP) is 3.35. The Labute approximate surface area is 197 Å². The van der Waals surface area contributed by atoms with Gasteiger partial charge < -0.3 is 19.2 Å². The van der Waals surface area contributed by atoms with Crippen molar-refractivity contribution >= 4 is 36.0 Å². The minimum absolute atomic E-state index is 0.0122. The number of hydrogen-bond acceptors (Lipinski definition) is 8. The average Bonchev–Trinajstić information content (AvgIpc) is 3.27. The van der Waals surface area contributed by atoms with Crippen molar-refractivity contribution in [2.75, 3.05) is 20.4 Å². The third kappa shape index (κ3) is 4.99. The maximum absolute atomic E-state index is 12.9. The van der Waals surface area contributed by atoms with Crippen molar-refractivity contribution in [3.8, 4) is 17.2 Å². The number of carbonyl (C=O) groups excluding carboxylic acids is 3. The molecule has 2 aliphatic heterocycles. The van der Waals surface area contributed by atoms with Crippen LogP contribution in [0.25, 0.3) is 6.08 Å². The van der Waals surface area contributed by atoms with Crippen molar-refractivity contribution in [3.63, 3.8) is 0 Å². The molecule has 0 bridgehead atoms. The Morgan fingerprint density at radius 3 is 2.85 bits per heavy atom. The molecule has 1 fully saturated rings. The van der Waals surface area contributed by atoms with Gasteiger partial charge >= 0.3 is 0 Å². The molecule has 9 heteroatoms. The number of ether oxygens (including phenoxy) is 2. The average molecular weight is 463 g/mol. The summed E-state index contributed by atoms with van der Waals surface area (Å²) in [7, 11) is 1.49. The summed E-state index contributed by atoms with van der Waals surface area (Å²) in [5.41, 5.74) is 4.70. The Balaban J connectivity index is 1.43. The highest BCUT2D eigenvalue weighted by Gasteiger charge is 2.32. The smallest absolute Gasteiger partial charge is 0.256 e. The molecule has 0 aliphatic carbocycles. The van der Waals surface area contributed by atoms with Gasteiger partial charge in [0.25, 0.3) is 5.91 Å². The van der Waals surface area contributed by atoms with E-state index < -0.39 is 0 Å². The molecule has 34 heavy (non-hydrogen) atoms. The van der Waals surface area contributed by atoms with Crippen LogP contribution < -0.4 is 19.8 Å². The first kappa shape index (κ1) is 23.2. The van der Waals surface area contributed by atoms with Gasteiger partial charge in [-0.15, -0.1) is 5.48 Å². The summed E-state index contributed by atoms with van der Waals surface area (Å²) in [6.07, 6.45) is 7.40. The van der Waals surface area contributed by atoms with Crippen molar-refractivity contribution in [1.82, 2.24) is 10.4 Å². The Hall–Kier alpha value is -3.98. The summed E-state index contributed by atoms with van der Waals surface area (Å²) >= 11 is 0. The van der Waals surface area contributed by atoms with E-state index in [1.165, 1.54) is 20.1 Å². The van der Waals surface area contributed by atoms with Gasteiger partial charge in [0, 0.05) is 18.8 Å². The van der Waals surface area contributed by atoms with E-state index in [2.05, 4.69) is 10.5 Å². The van der Waals surface area contributed by atoms with E-state index in [0.29, 0.717) is 52.5 Å². The SMILES string of the molecule is COc1cc2c(cc1ONCOc1ccc(/C=C/C(C)=O)cc1C=O)N=CC1CCCN1C2=O. The van der Waals surface area contributed by atoms with Gasteiger partial charge in [-0.25, -0.2) is 0 Å². The second kappa shape index (κ2) is 10.3. The molecule has 0 spiro atoms. The number of carbonyl (C=O) groups is 3. The second-order valence-electron chi connectivity index (χ2n) is 7.90. The van der Waals surface area contributed by atoms with E-state index in [1.807, 2.05) is 4.90 Å². The number of rotatable bonds is 9. The Morgan fingerprint density at radius 2 is 2.09 bits per heavy atom. The van der Waals surface area contributed by atoms with E-state index in [4.69, 9.17) is 14.3 Å². The fourth-order valence-corrected chi connectivity index (χ4v) is 3.91. The summed E-state index contributed by atoms with van der Waals surface area (Å²) in [6.45, 7) is 2.10. The van der Waals surface area contributed by atoms with Gasteiger partial charge in [0.1, 0.15) is 5.75 Å². The summed E-state index contributed by atoms with van der Waals surface area (Å²) < 4.78 is 11.0. The fourth-order valence-electron chi connectivity index (χ4n) is 3.91. The maximum atomic E-state index is 12.9. The van der Waals surface area contributed by atoms with E-state index in [0.717, 1.165) is 12.8 Å². The van der Waals surface area contributed by atoms with Crippen LogP contribution in [0.3, 0.4) is 0 Å². The number of nitrogens with zero attached hydrogens (tertiary/aromatic N) is 2. The van der Waals surface area contributed by atoms with Gasteiger partial charge in [-0.3, -0.25) is 19.4 Å². The van der Waals surface area contributed by atoms with Crippen LogP contribution in [-0.2, 0) is 4.79 Å². The molecule has 2 aliphatic rings. The van der Waals surface area contributed by atoms with Crippen LogP contribution in [0, 0.1) is 0 Å². The molecule has 1 unspecified atom stereocenters. The van der Waals surface area contributed by atoms with Crippen molar-refractivity contribution in [2.24, 2.45) is 4.99 Å². The molecule has 176 valence electrons. The van der Waals surface area contributed by atoms with E-state index in [9.17, 15) is 14.4 Å². The molecule has 0 radical (unpaired) electrons. The number of fused-ring (bicyclic) bond motifs is 2. The lowest BCUT2D eigenvalue weighted by Crippen LogP contribution is -2.35. The first-order valence-electron chi connectivity index (χ1n) is 10.9. The summed E-state index contributed by atoms with van der Waals surface area (Å²) in [5, 5.41) is 0. The highest BCUT2D eigenvalue weighted by atomic mass is 16.7. The molecule has 1 saturated heterocycles. The molecule has 2 heterocycles. The first-order valence-corrected chi connectivity index (χ1v) is 10.9. The van der Waals surface area contributed by atoms with Crippen molar-refractivity contribution in [3.05, 3.63) is 53.1 Å². The molecular formula is C25H25N3O6. The second-order valence-corrected chi connectivity index (χ2v) is 7.90. The van der Waals surface area contributed by atoms with E-state index in [1.54, 1.807) is 42.6 Å². The number of aldehydes is 1. The zero-order chi connectivity index (χ0) is 24.1. The van der Waals surface area contributed by atoms with E-state index in [-0.39, 0.29) is 24.5 Å². The maximum Gasteiger partial charge on any atom is 0.256 e. The fraction of sp³-hybridized carbons (Fsp3) is 0.280. The summed E-state index contributed by atoms with van der Waals surface area (Å²) in [6, 6.07) is 8.28. The number of ketones is 1. The number of hydrogen-bond donors (Lipinski definition) is 1. The Morgan fingerprint density at radius 1 is 1.24 bits per heavy atom. The predicted molar refractivity (Wildman–Crippen MR) is 126 cm³/mol. The van der Waals surface area contributed by atoms with Gasteiger partial charge in [0.2, 0.25) is 0 Å². The molecule has 2 aromatic rings. The van der Waals surface area contributed by atoms with Crippen LogP contribution in [-0.4, -0.2) is 55.5 Å². The van der Waals surface area contributed by atoms with Crippen LogP contribution in [0.15, 0.2) is 41.4 Å². The molecule has 1 amide bonds. The number of aliphatic imine (C=N–C) groups is 1. The van der Waals surface area contributed by atoms with Crippen molar-refractivity contribution < 1.29 is 28.7 Å². The Bertz CT molecular complexity index is 1170. The lowest BCUT2D eigenvalue weighted by atomic mass is 10.1. The highest BCUT2D eigenvalue weighted by molar-refractivity contribution is 6.03. The minimum atomic E-state index is -0.0852. The molecule has 2 aromatic carbocycles. The highest BCUT2D eigenvalue weighted by Crippen LogP contribution is 2.37. The molecule has 9 nitrogen and oxygen atoms in total. The van der Waals surface area contributed by atoms with Gasteiger partial charge in [0.15, 0.2) is 30.3 Å². The largest absolute Gasteiger partial charge is 0.493 e. The number of benzene rings is 2. The van der Waals surface area contributed by atoms with Crippen molar-refractivity contribution in [1.29, 1.82) is 0 Å². The third-order valence-corrected chi connectivity index (χ3v) is 5.60. The van der Waals surface area contributed by atoms with Crippen LogP contribution in [0.5, 0.6) is 17.2 Å². The number of hydroxylamine groups is 1. The van der Waals surface area contributed by atoms with Crippen LogP contribution >= 0.6 is 0 Å². The summed E-state index contributed by atoms with van der Waals surface area (Å²) in [4.78, 5) is 47.4. The molecule has 0 aromatic heterocycles. The van der Waals surface area contributed by atoms with Crippen LogP contribution in [0.2, 0.25) is 0 Å². The lowest BCUT2D eigenvalue weighted by Gasteiger charge is -2.20. The van der Waals surface area contributed by atoms with Gasteiger partial charge in [0.05, 0.1) is 30.0 Å². The molecular weight excluding hydrogens is 438 g/mol. The monoisotopic (exact) mass is 463 g/mol. The molecule has 1 atom stereocenters. The summed E-state index contributed by atoms with van der Waals surface area (Å²) in [5.74, 6) is 0.924. The number of methoxy groups -OCH3 is 1. The van der Waals surface area contributed by atoms with E-state index >= 15 is 0 Å². The topological polar surface area (TPSA) is 107 Å². The standard InChI is InChI=1S/C25H25N3O6/c1-16(30)5-6-17-7-8-22(18(10-17)14-29)33-15-27-34-24-12-21-20(11-23(24)32-2)25(31)28-9-3-4-19(28)13-26-21/h5-8,10-14,19,27H,3-4,9,15H2,1-2H3/b6-5+. The number of amides is 1. The lowest BCUT2D eigenvalue weighted by molar-refractivity contribution is -0.112. The molecule has 4 rings (SSSR count). The zero-order valence-corrected chi connectivity index (χ0v) is 18.9. The first-order chi connectivity index (χ1) is 16.5. The third-order valence-electron chi connectivity index (χ3n) is 5.60. The molecule has 1 N–H and O–H groups in total. The normalized spacial score (nSPS) is 16.7. The number of nitrogens with one attached hydrogen (secondary N) is 1. The minimum Gasteiger partial charge on any atom is -0.493 e. The zero-order valence-electron chi connectivity index (χ0n) is 18.9. The molecule has 0 saturated carbocycles. The van der Waals surface area contributed by atoms with Crippen LogP contribution in [0.4, 0.5) is 5.69 Å². The van der Waals surface area contributed by atoms with Gasteiger partial charge in [-0.1, -0.05) is 12.1 Å². The van der Waals surface area contributed by atoms with Gasteiger partial charge in [-0.2, -0.15) is 0 Å². The van der Waals surface area contributed by atoms with Crippen molar-refractivity contribution in [2.45, 2.75) is 25.8 Å². The van der Waals surface area contributed by atoms with Gasteiger partial charge in [-0.05, 0) is 49.6 Å². The number of allylic oxidation sites excluding steroid dienone is 1. The quantitative estimate of drug-likeness (QED) is 0.200.